The number of benzene rings is 2. The predicted molar refractivity (Wildman–Crippen MR) is 112 cm³/mol. The van der Waals surface area contributed by atoms with Crippen LogP contribution in [0, 0.1) is 5.41 Å². The number of nitrogens with one attached hydrogen (secondary N) is 3. The van der Waals surface area contributed by atoms with Gasteiger partial charge in [0.05, 0.1) is 0 Å². The summed E-state index contributed by atoms with van der Waals surface area (Å²) in [7, 11) is -7.91. The van der Waals surface area contributed by atoms with Crippen molar-refractivity contribution in [3.63, 3.8) is 0 Å². The fourth-order valence-corrected chi connectivity index (χ4v) is 61.7. The number of phosphoric acid groups is 1. The summed E-state index contributed by atoms with van der Waals surface area (Å²) < 4.78 is 347. The van der Waals surface area contributed by atoms with Crippen LogP contribution in [0.3, 0.4) is 0 Å². The number of anilines is 2. The van der Waals surface area contributed by atoms with E-state index in [0.29, 0.717) is 0 Å². The summed E-state index contributed by atoms with van der Waals surface area (Å²) in [5.41, 5.74) is 1.80. The van der Waals surface area contributed by atoms with Crippen LogP contribution >= 0.6 is 7.82 Å². The molecule has 0 saturated carbocycles. The third kappa shape index (κ3) is 32.8. The number of hydrogen-bond donors (Lipinski definition) is 6. The van der Waals surface area contributed by atoms with Crippen LogP contribution in [0.1, 0.15) is 0 Å². The molecule has 2 rings (SSSR count). The average Bonchev–Trinajstić information content (AvgIpc) is 2.97. The summed E-state index contributed by atoms with van der Waals surface area (Å²) in [5, 5.41) is 13.7. The maximum absolute atomic E-state index is 12.8. The van der Waals surface area contributed by atoms with Gasteiger partial charge in [0, 0.05) is 11.4 Å². The molecule has 0 bridgehead atoms. The molecule has 0 unspecified atom stereocenters. The van der Waals surface area contributed by atoms with Gasteiger partial charge in [-0.25, -0.2) is 0 Å². The van der Waals surface area contributed by atoms with Gasteiger partial charge in [0.2, 0.25) is 0 Å². The van der Waals surface area contributed by atoms with Gasteiger partial charge in [-0.2, -0.15) is 0 Å². The zero-order chi connectivity index (χ0) is 54.2. The van der Waals surface area contributed by atoms with E-state index in [9.17, 15) is 86.1 Å². The quantitative estimate of drug-likeness (QED) is 0.0271. The molecule has 0 aliphatic carbocycles. The van der Waals surface area contributed by atoms with Crippen LogP contribution < -0.4 is 10.6 Å². The minimum absolute atomic E-state index is 0.261. The summed E-state index contributed by atoms with van der Waals surface area (Å²) in [6.45, 7) is 0. The van der Waals surface area contributed by atoms with Crippen molar-refractivity contribution in [1.82, 2.24) is 0 Å². The van der Waals surface area contributed by atoms with E-state index < -0.39 is 209 Å². The molecule has 0 heterocycles. The summed E-state index contributed by atoms with van der Waals surface area (Å²) in [4.78, 5) is 0. The average molecular weight is 2040 g/mol. The van der Waals surface area contributed by atoms with Crippen LogP contribution in [-0.2, 0) is 315 Å². The Morgan fingerprint density at radius 1 is 0.348 bits per heavy atom. The van der Waals surface area contributed by atoms with Gasteiger partial charge in [0.15, 0.2) is 5.96 Å². The Hall–Kier alpha value is 0.800. The zero-order valence-corrected chi connectivity index (χ0v) is 55.5. The topological polar surface area (TPSA) is 646 Å². The van der Waals surface area contributed by atoms with E-state index in [4.69, 9.17) is 16.7 Å². The fraction of sp³-hybridized carbons (Fsp3) is 0. The molecule has 0 spiro atoms. The van der Waals surface area contributed by atoms with Crippen molar-refractivity contribution in [3.8, 4) is 0 Å². The first-order chi connectivity index (χ1) is 30.3. The molecule has 0 amide bonds. The molecular weight excluding hydrogens is 2020 g/mol. The predicted octanol–water partition coefficient (Wildman–Crippen LogP) is -1.49. The Balaban J connectivity index is 0.00000123. The van der Waals surface area contributed by atoms with E-state index in [2.05, 4.69) is 38.6 Å². The van der Waals surface area contributed by atoms with Crippen molar-refractivity contribution in [1.29, 1.82) is 5.41 Å². The monoisotopic (exact) mass is 2060 g/mol. The molecular formula is C13H16Mo12N3O40P. The minimum atomic E-state index is -8.79. The van der Waals surface area contributed by atoms with E-state index in [0.717, 1.165) is 11.4 Å². The Morgan fingerprint density at radius 3 is 0.739 bits per heavy atom. The molecule has 69 heavy (non-hydrogen) atoms. The van der Waals surface area contributed by atoms with Gasteiger partial charge in [-0.15, -0.1) is 0 Å². The molecule has 43 nitrogen and oxygen atoms in total. The van der Waals surface area contributed by atoms with Crippen molar-refractivity contribution in [3.05, 3.63) is 60.7 Å². The third-order valence-corrected chi connectivity index (χ3v) is 64.6. The molecule has 0 atom stereocenters. The zero-order valence-electron chi connectivity index (χ0n) is 30.6. The standard InChI is InChI=1S/C13H13N3.12Mo.H3O4P.3H2O.33O/c14-13(15-11-7-3-1-4-8-11)16-12-9-5-2-6-10-12;;;;;;;;;;;;;1-5(2,3)4;;;;;;;;;;;;;;;;;;;;;;;;;;;;;;;;;;;;/h1-10H,(H3,14,15,16);;;;;;;;;;;;;(H3,1,2,3,4);3*1H2;;;;;;;;;;;;;;;;;;;;;;;;;;;;;;;;;/q;;;;;;;6*+1;;;;;;;;;;;;;;;;;;;;;;;;;;;;;;;;;;;;;/p-6. The van der Waals surface area contributed by atoms with Crippen molar-refractivity contribution in [2.75, 3.05) is 10.6 Å². The van der Waals surface area contributed by atoms with Crippen LogP contribution in [0.2, 0.25) is 0 Å². The van der Waals surface area contributed by atoms with Crippen molar-refractivity contribution < 1.29 is 326 Å². The third-order valence-electron chi connectivity index (χ3n) is 4.14. The Morgan fingerprint density at radius 2 is 0.536 bits per heavy atom. The van der Waals surface area contributed by atoms with Crippen molar-refractivity contribution in [2.45, 2.75) is 0 Å². The molecule has 6 N–H and O–H groups in total. The first-order valence-electron chi connectivity index (χ1n) is 13.8. The van der Waals surface area contributed by atoms with E-state index >= 15 is 0 Å². The van der Waals surface area contributed by atoms with Gasteiger partial charge in [-0.3, -0.25) is 5.41 Å². The van der Waals surface area contributed by atoms with Crippen LogP contribution in [0.4, 0.5) is 11.4 Å². The van der Waals surface area contributed by atoms with Crippen LogP contribution in [0.5, 0.6) is 0 Å². The summed E-state index contributed by atoms with van der Waals surface area (Å²) in [5.74, 6) is 0.261. The Bertz CT molecular complexity index is 3310. The molecule has 400 valence electrons. The van der Waals surface area contributed by atoms with Gasteiger partial charge in [0.25, 0.3) is 0 Å². The number of rotatable bonds is 26. The molecule has 0 saturated heterocycles. The van der Waals surface area contributed by atoms with Crippen molar-refractivity contribution in [2.24, 2.45) is 0 Å². The van der Waals surface area contributed by atoms with Crippen LogP contribution in [-0.4, -0.2) is 17.2 Å². The number of para-hydroxylation sites is 2. The second-order valence-electron chi connectivity index (χ2n) is 9.60. The van der Waals surface area contributed by atoms with E-state index in [-0.39, 0.29) is 5.96 Å². The second kappa shape index (κ2) is 25.3. The molecule has 0 aromatic heterocycles. The number of guanidine groups is 1. The van der Waals surface area contributed by atoms with Gasteiger partial charge >= 0.3 is 334 Å². The molecule has 2 aromatic rings. The van der Waals surface area contributed by atoms with E-state index in [1.165, 1.54) is 0 Å². The van der Waals surface area contributed by atoms with Gasteiger partial charge < -0.3 is 10.6 Å². The molecule has 0 aliphatic heterocycles. The van der Waals surface area contributed by atoms with Crippen LogP contribution in [0.25, 0.3) is 0 Å². The van der Waals surface area contributed by atoms with Gasteiger partial charge in [-0.05, 0) is 24.3 Å². The molecule has 2 aromatic carbocycles. The SMILES string of the molecule is N=C(Nc1ccccc1)Nc1ccccc1.O=P([O][Mo](=[O])(=[O])[O][Mo](=[O])(=[O])[O][Mo](=[O])(=[O])[O][Mo](=[O])(=[O])[OH])([O][Mo](=[O])(=[O])[O][Mo](=[O])(=[O])[O][Mo](=[O])(=[O])[O][Mo](=[O])(=[O])[OH])[O][Mo](=[O])(=[O])[O][Mo](=[O])(=[O])[O][Mo](=[O])(=[O])[O][Mo](=[O])(=[O])[OH]. The first-order valence-corrected chi connectivity index (χ1v) is 54.9. The molecule has 0 radical (unpaired) electrons. The first kappa shape index (κ1) is 67.8. The van der Waals surface area contributed by atoms with Crippen molar-refractivity contribution >= 4 is 25.2 Å². The summed E-state index contributed by atoms with van der Waals surface area (Å²) >= 11 is -97.4. The Labute approximate surface area is 421 Å². The fourth-order valence-electron chi connectivity index (χ4n) is 2.77. The molecule has 0 aliphatic rings. The second-order valence-corrected chi connectivity index (χ2v) is 59.4. The summed E-state index contributed by atoms with van der Waals surface area (Å²) in [6.07, 6.45) is 0. The van der Waals surface area contributed by atoms with Gasteiger partial charge in [0.1, 0.15) is 0 Å². The normalized spacial score (nSPS) is 14.2. The number of hydrogen-bond acceptors (Lipinski definition) is 38. The molecule has 0 fully saturated rings. The van der Waals surface area contributed by atoms with E-state index in [1.807, 2.05) is 60.7 Å². The molecule has 56 heteroatoms. The van der Waals surface area contributed by atoms with Crippen LogP contribution in [0.15, 0.2) is 60.7 Å². The van der Waals surface area contributed by atoms with Gasteiger partial charge in [-0.1, -0.05) is 36.4 Å². The Kier molecular flexibility index (Phi) is 24.9. The summed E-state index contributed by atoms with van der Waals surface area (Å²) in [6, 6.07) is 19.3. The maximum atomic E-state index is 12.8. The van der Waals surface area contributed by atoms with E-state index in [1.54, 1.807) is 0 Å².